The summed E-state index contributed by atoms with van der Waals surface area (Å²) < 4.78 is 47.4. The van der Waals surface area contributed by atoms with Crippen LogP contribution in [0, 0.1) is 23.7 Å². The fraction of sp³-hybridized carbons (Fsp3) is 0.541. The zero-order valence-corrected chi connectivity index (χ0v) is 49.4. The summed E-state index contributed by atoms with van der Waals surface area (Å²) in [5.74, 6) is 0.639. The first kappa shape index (κ1) is 64.5. The lowest BCUT2D eigenvalue weighted by Crippen LogP contribution is -2.66. The molecule has 7 rings (SSSR count). The largest absolute Gasteiger partial charge is 0.463 e. The lowest BCUT2D eigenvalue weighted by atomic mass is 9.82. The van der Waals surface area contributed by atoms with Gasteiger partial charge in [0.25, 0.3) is 16.6 Å². The summed E-state index contributed by atoms with van der Waals surface area (Å²) in [5.41, 5.74) is 0. The van der Waals surface area contributed by atoms with E-state index in [0.29, 0.717) is 25.0 Å². The zero-order chi connectivity index (χ0) is 55.8. The number of hydrogen-bond acceptors (Lipinski definition) is 13. The first-order chi connectivity index (χ1) is 36.0. The molecule has 0 aromatic heterocycles. The lowest BCUT2D eigenvalue weighted by Gasteiger charge is -2.45. The Labute approximate surface area is 462 Å². The third-order valence-electron chi connectivity index (χ3n) is 14.9. The van der Waals surface area contributed by atoms with Gasteiger partial charge in [0, 0.05) is 27.7 Å². The summed E-state index contributed by atoms with van der Waals surface area (Å²) in [6.07, 6.45) is -1.45. The van der Waals surface area contributed by atoms with E-state index in [9.17, 15) is 19.5 Å². The van der Waals surface area contributed by atoms with Crippen LogP contribution < -0.4 is 26.1 Å². The molecule has 1 amide bonds. The number of aliphatic hydroxyl groups is 1. The maximum absolute atomic E-state index is 12.0. The van der Waals surface area contributed by atoms with Crippen molar-refractivity contribution in [1.82, 2.24) is 5.32 Å². The van der Waals surface area contributed by atoms with Gasteiger partial charge in [-0.25, -0.2) is 4.99 Å². The van der Waals surface area contributed by atoms with E-state index in [1.807, 2.05) is 38.1 Å². The van der Waals surface area contributed by atoms with Crippen LogP contribution in [0.4, 0.5) is 0 Å². The number of carbonyl (C=O) groups excluding carboxylic acids is 3. The molecule has 4 aromatic rings. The lowest BCUT2D eigenvalue weighted by molar-refractivity contribution is -0.245. The number of aliphatic imine (C=N–C) groups is 1. The van der Waals surface area contributed by atoms with Gasteiger partial charge in [-0.3, -0.25) is 14.4 Å². The predicted molar refractivity (Wildman–Crippen MR) is 310 cm³/mol. The number of fused-ring (bicyclic) bond motifs is 1. The van der Waals surface area contributed by atoms with E-state index in [1.165, 1.54) is 41.5 Å². The molecule has 424 valence electrons. The number of rotatable bonds is 17. The van der Waals surface area contributed by atoms with Gasteiger partial charge in [0.2, 0.25) is 12.2 Å². The molecule has 3 heterocycles. The van der Waals surface area contributed by atoms with Crippen molar-refractivity contribution in [2.75, 3.05) is 39.6 Å². The van der Waals surface area contributed by atoms with Gasteiger partial charge in [-0.15, -0.1) is 0 Å². The fourth-order valence-corrected chi connectivity index (χ4v) is 19.8. The minimum atomic E-state index is -2.69. The Balaban J connectivity index is 0.000000275. The summed E-state index contributed by atoms with van der Waals surface area (Å²) in [5, 5.41) is 17.0. The van der Waals surface area contributed by atoms with Gasteiger partial charge in [-0.05, 0) is 54.5 Å². The van der Waals surface area contributed by atoms with Gasteiger partial charge < -0.3 is 47.7 Å². The first-order valence-corrected chi connectivity index (χ1v) is 30.6. The van der Waals surface area contributed by atoms with Gasteiger partial charge in [0.15, 0.2) is 12.2 Å². The van der Waals surface area contributed by atoms with Crippen molar-refractivity contribution in [2.45, 2.75) is 151 Å². The number of benzene rings is 4. The number of amides is 1. The molecule has 0 spiro atoms. The second kappa shape index (κ2) is 29.2. The Hall–Kier alpha value is -5.05. The van der Waals surface area contributed by atoms with Gasteiger partial charge in [-0.1, -0.05) is 198 Å². The molecule has 77 heavy (non-hydrogen) atoms. The molecule has 4 aromatic carbocycles. The van der Waals surface area contributed by atoms with E-state index in [2.05, 4.69) is 170 Å². The Morgan fingerprint density at radius 1 is 0.584 bits per heavy atom. The SMILES string of the molecule is C.CC(=O)N[C@H]1[C@H](OCCO[Si](c2ccccc2)(c2ccccc2)C(C)(C)C)O[C@H](COC(C)=O)[C@H](C)[C@@H]1C.CC(=O)OC[C@H]1OC2OC(C)=N[C@@H]2[C@@H](C)[C@H]1C.CC(C)(C)[Si](OCCO)(c1ccccc1)c1ccccc1. The Bertz CT molecular complexity index is 2360. The van der Waals surface area contributed by atoms with Crippen LogP contribution >= 0.6 is 0 Å². The smallest absolute Gasteiger partial charge is 0.302 e. The highest BCUT2D eigenvalue weighted by molar-refractivity contribution is 7.00. The monoisotopic (exact) mass is 1100 g/mol. The van der Waals surface area contributed by atoms with E-state index < -0.39 is 22.9 Å². The molecule has 16 heteroatoms. The summed E-state index contributed by atoms with van der Waals surface area (Å²) in [6.45, 7) is 29.3. The molecule has 3 aliphatic heterocycles. The van der Waals surface area contributed by atoms with Crippen molar-refractivity contribution in [3.8, 4) is 0 Å². The molecule has 1 unspecified atom stereocenters. The van der Waals surface area contributed by atoms with Crippen LogP contribution in [0.1, 0.15) is 104 Å². The minimum Gasteiger partial charge on any atom is -0.463 e. The van der Waals surface area contributed by atoms with Crippen molar-refractivity contribution < 1.29 is 56.8 Å². The van der Waals surface area contributed by atoms with Crippen LogP contribution in [0.15, 0.2) is 126 Å². The maximum atomic E-state index is 12.0. The molecule has 0 radical (unpaired) electrons. The van der Waals surface area contributed by atoms with E-state index >= 15 is 0 Å². The standard InChI is InChI=1S/C30H43NO6Si.C18H24O2Si.C12H19NO4.CH4/c1-21-22(2)28(31-23(3)32)29(37-27(21)20-35-24(4)33)34-18-19-36-38(30(5,6)7,25-14-10-8-11-15-25)26-16-12-9-13-17-26;1-18(2,3)21(20-15-14-19,16-10-6-4-7-11-16)17-12-8-5-9-13-17;1-6-7(2)11-12(16-8(3)13-11)17-10(6)5-15-9(4)14;/h8-17,21-22,27-29H,18-20H2,1-7H3,(H,31,32);4-13,19H,14-15H2,1-3H3;6-7,10-12H,5H2,1-4H3;1H4/t21-,22+,27-,28-,29-;;6-,7+,10-,11-,12?;/m1.1./s1. The second-order valence-corrected chi connectivity index (χ2v) is 30.8. The number of nitrogens with one attached hydrogen (secondary N) is 1. The molecule has 0 bridgehead atoms. The number of nitrogens with zero attached hydrogens (tertiary/aromatic N) is 1. The van der Waals surface area contributed by atoms with Gasteiger partial charge in [0.05, 0.1) is 44.7 Å². The number of ether oxygens (including phenoxy) is 6. The normalized spacial score (nSPS) is 24.1. The third kappa shape index (κ3) is 16.3. The first-order valence-electron chi connectivity index (χ1n) is 26.8. The van der Waals surface area contributed by atoms with Gasteiger partial charge in [-0.2, -0.15) is 0 Å². The molecule has 10 atom stereocenters. The van der Waals surface area contributed by atoms with Crippen molar-refractivity contribution in [3.63, 3.8) is 0 Å². The summed E-state index contributed by atoms with van der Waals surface area (Å²) >= 11 is 0. The number of esters is 2. The van der Waals surface area contributed by atoms with Crippen LogP contribution in [-0.4, -0.2) is 122 Å². The van der Waals surface area contributed by atoms with Crippen molar-refractivity contribution in [3.05, 3.63) is 121 Å². The minimum absolute atomic E-state index is 0. The number of carbonyl (C=O) groups is 3. The molecular weight excluding hydrogens is 1010 g/mol. The fourth-order valence-electron chi connectivity index (χ4n) is 10.7. The van der Waals surface area contributed by atoms with E-state index in [1.54, 1.807) is 0 Å². The molecular formula is C61H90N2O12Si2. The Morgan fingerprint density at radius 2 is 0.974 bits per heavy atom. The molecule has 2 saturated heterocycles. The zero-order valence-electron chi connectivity index (χ0n) is 47.4. The average molecular weight is 1100 g/mol. The Kier molecular flexibility index (Phi) is 24.5. The molecule has 2 fully saturated rings. The topological polar surface area (TPSA) is 170 Å². The molecule has 3 aliphatic rings. The van der Waals surface area contributed by atoms with Crippen LogP contribution in [0.25, 0.3) is 0 Å². The molecule has 14 nitrogen and oxygen atoms in total. The molecule has 2 N–H and O–H groups in total. The molecule has 0 saturated carbocycles. The van der Waals surface area contributed by atoms with E-state index in [0.717, 1.165) is 0 Å². The summed E-state index contributed by atoms with van der Waals surface area (Å²) in [7, 11) is -5.12. The summed E-state index contributed by atoms with van der Waals surface area (Å²) in [6, 6.07) is 41.6. The van der Waals surface area contributed by atoms with Gasteiger partial charge in [0.1, 0.15) is 19.3 Å². The van der Waals surface area contributed by atoms with Crippen LogP contribution in [0.3, 0.4) is 0 Å². The van der Waals surface area contributed by atoms with Crippen molar-refractivity contribution in [2.24, 2.45) is 28.7 Å². The summed E-state index contributed by atoms with van der Waals surface area (Å²) in [4.78, 5) is 38.6. The average Bonchev–Trinajstić information content (AvgIpc) is 3.77. The number of hydrogen-bond donors (Lipinski definition) is 2. The quantitative estimate of drug-likeness (QED) is 0.0592. The third-order valence-corrected chi connectivity index (χ3v) is 25.0. The van der Waals surface area contributed by atoms with Crippen LogP contribution in [0.2, 0.25) is 10.1 Å². The van der Waals surface area contributed by atoms with Crippen LogP contribution in [-0.2, 0) is 51.7 Å². The number of aliphatic hydroxyl groups excluding tert-OH is 1. The predicted octanol–water partition coefficient (Wildman–Crippen LogP) is 8.20. The van der Waals surface area contributed by atoms with Crippen molar-refractivity contribution in [1.29, 1.82) is 0 Å². The second-order valence-electron chi connectivity index (χ2n) is 22.2. The highest BCUT2D eigenvalue weighted by Crippen LogP contribution is 2.39. The van der Waals surface area contributed by atoms with E-state index in [4.69, 9.17) is 37.3 Å². The Morgan fingerprint density at radius 3 is 1.35 bits per heavy atom. The van der Waals surface area contributed by atoms with E-state index in [-0.39, 0.29) is 110 Å². The molecule has 0 aliphatic carbocycles. The maximum Gasteiger partial charge on any atom is 0.302 e. The highest BCUT2D eigenvalue weighted by Gasteiger charge is 2.52. The van der Waals surface area contributed by atoms with Gasteiger partial charge >= 0.3 is 11.9 Å². The van der Waals surface area contributed by atoms with Crippen molar-refractivity contribution >= 4 is 61.1 Å². The highest BCUT2D eigenvalue weighted by atomic mass is 28.4. The van der Waals surface area contributed by atoms with Crippen LogP contribution in [0.5, 0.6) is 0 Å².